The fourth-order valence-electron chi connectivity index (χ4n) is 3.35. The molecule has 0 spiro atoms. The van der Waals surface area contributed by atoms with Crippen LogP contribution >= 0.6 is 11.8 Å². The van der Waals surface area contributed by atoms with Crippen molar-refractivity contribution < 1.29 is 28.5 Å². The van der Waals surface area contributed by atoms with E-state index >= 15 is 0 Å². The van der Waals surface area contributed by atoms with Crippen molar-refractivity contribution in [1.82, 2.24) is 4.90 Å². The minimum atomic E-state index is -0.242. The Morgan fingerprint density at radius 3 is 2.23 bits per heavy atom. The number of ether oxygens (including phenoxy) is 5. The Labute approximate surface area is 180 Å². The molecule has 9 heteroatoms. The van der Waals surface area contributed by atoms with Crippen LogP contribution in [0.5, 0.6) is 28.7 Å². The van der Waals surface area contributed by atoms with Crippen molar-refractivity contribution in [3.8, 4) is 28.7 Å². The molecule has 1 atom stereocenters. The maximum atomic E-state index is 13.2. The van der Waals surface area contributed by atoms with E-state index < -0.39 is 0 Å². The number of urea groups is 1. The second-order valence-electron chi connectivity index (χ2n) is 6.34. The van der Waals surface area contributed by atoms with E-state index in [4.69, 9.17) is 23.7 Å². The van der Waals surface area contributed by atoms with Gasteiger partial charge in [0, 0.05) is 23.9 Å². The van der Waals surface area contributed by atoms with E-state index in [9.17, 15) is 4.79 Å². The van der Waals surface area contributed by atoms with Crippen LogP contribution in [-0.4, -0.2) is 58.8 Å². The molecule has 3 rings (SSSR count). The summed E-state index contributed by atoms with van der Waals surface area (Å²) >= 11 is 1.66. The van der Waals surface area contributed by atoms with Gasteiger partial charge in [0.2, 0.25) is 0 Å². The number of hydrogen-bond donors (Lipinski definition) is 1. The van der Waals surface area contributed by atoms with Crippen molar-refractivity contribution in [2.75, 3.05) is 53.2 Å². The van der Waals surface area contributed by atoms with Gasteiger partial charge in [-0.05, 0) is 18.2 Å². The van der Waals surface area contributed by atoms with Crippen LogP contribution in [0, 0.1) is 0 Å². The zero-order valence-electron chi connectivity index (χ0n) is 17.7. The average Bonchev–Trinajstić information content (AvgIpc) is 3.27. The lowest BCUT2D eigenvalue weighted by Crippen LogP contribution is -2.34. The number of para-hydroxylation sites is 1. The van der Waals surface area contributed by atoms with Gasteiger partial charge in [-0.1, -0.05) is 6.07 Å². The first kappa shape index (κ1) is 21.8. The number of carbonyl (C=O) groups excluding carboxylic acids is 1. The summed E-state index contributed by atoms with van der Waals surface area (Å²) in [6.45, 7) is 0.588. The van der Waals surface area contributed by atoms with E-state index in [1.807, 2.05) is 6.07 Å². The quantitative estimate of drug-likeness (QED) is 0.705. The average molecular weight is 435 g/mol. The summed E-state index contributed by atoms with van der Waals surface area (Å²) in [5.74, 6) is 3.59. The Morgan fingerprint density at radius 2 is 1.60 bits per heavy atom. The number of amides is 2. The second kappa shape index (κ2) is 9.71. The molecule has 0 radical (unpaired) electrons. The number of nitrogens with zero attached hydrogens (tertiary/aromatic N) is 1. The summed E-state index contributed by atoms with van der Waals surface area (Å²) in [4.78, 5) is 14.9. The number of methoxy groups -OCH3 is 5. The molecule has 1 aliphatic heterocycles. The van der Waals surface area contributed by atoms with Crippen LogP contribution in [0.1, 0.15) is 10.9 Å². The summed E-state index contributed by atoms with van der Waals surface area (Å²) < 4.78 is 27.1. The Morgan fingerprint density at radius 1 is 0.933 bits per heavy atom. The van der Waals surface area contributed by atoms with Gasteiger partial charge >= 0.3 is 6.03 Å². The summed E-state index contributed by atoms with van der Waals surface area (Å²) in [5, 5.41) is 2.70. The molecule has 2 amide bonds. The third-order valence-corrected chi connectivity index (χ3v) is 6.04. The first-order valence-corrected chi connectivity index (χ1v) is 10.3. The third-order valence-electron chi connectivity index (χ3n) is 4.80. The van der Waals surface area contributed by atoms with Gasteiger partial charge in [0.05, 0.1) is 41.2 Å². The highest BCUT2D eigenvalue weighted by Crippen LogP contribution is 2.46. The first-order chi connectivity index (χ1) is 14.6. The standard InChI is InChI=1S/C21H26N2O6S/c1-25-15-8-6-7-14(19(15)29-5)22-21(24)23-9-10-30-20(23)13-11-17(27-3)18(28-4)12-16(13)26-2/h6-8,11-12,20H,9-10H2,1-5H3,(H,22,24). The Balaban J connectivity index is 1.90. The summed E-state index contributed by atoms with van der Waals surface area (Å²) in [6, 6.07) is 8.73. The third kappa shape index (κ3) is 4.16. The van der Waals surface area contributed by atoms with Gasteiger partial charge in [0.15, 0.2) is 23.0 Å². The molecule has 0 saturated carbocycles. The predicted octanol–water partition coefficient (Wildman–Crippen LogP) is 4.01. The van der Waals surface area contributed by atoms with Gasteiger partial charge < -0.3 is 33.9 Å². The van der Waals surface area contributed by atoms with Gasteiger partial charge in [-0.2, -0.15) is 0 Å². The number of anilines is 1. The van der Waals surface area contributed by atoms with E-state index in [-0.39, 0.29) is 11.4 Å². The lowest BCUT2D eigenvalue weighted by Gasteiger charge is -2.27. The molecule has 1 unspecified atom stereocenters. The molecule has 2 aromatic rings. The van der Waals surface area contributed by atoms with Crippen molar-refractivity contribution in [3.63, 3.8) is 0 Å². The van der Waals surface area contributed by atoms with Crippen molar-refractivity contribution in [2.24, 2.45) is 0 Å². The first-order valence-electron chi connectivity index (χ1n) is 9.28. The topological polar surface area (TPSA) is 78.5 Å². The van der Waals surface area contributed by atoms with Crippen LogP contribution in [0.2, 0.25) is 0 Å². The highest BCUT2D eigenvalue weighted by atomic mass is 32.2. The summed E-state index contributed by atoms with van der Waals surface area (Å²) in [6.07, 6.45) is 0. The zero-order valence-corrected chi connectivity index (χ0v) is 18.5. The van der Waals surface area contributed by atoms with Crippen LogP contribution in [0.3, 0.4) is 0 Å². The number of carbonyl (C=O) groups is 1. The molecule has 1 heterocycles. The molecule has 162 valence electrons. The van der Waals surface area contributed by atoms with Crippen LogP contribution in [0.15, 0.2) is 30.3 Å². The summed E-state index contributed by atoms with van der Waals surface area (Å²) in [5.41, 5.74) is 1.38. The smallest absolute Gasteiger partial charge is 0.323 e. The minimum Gasteiger partial charge on any atom is -0.496 e. The van der Waals surface area contributed by atoms with Crippen molar-refractivity contribution in [3.05, 3.63) is 35.9 Å². The molecule has 0 aliphatic carbocycles. The zero-order chi connectivity index (χ0) is 21.7. The normalized spacial score (nSPS) is 15.5. The number of thioether (sulfide) groups is 1. The van der Waals surface area contributed by atoms with Gasteiger partial charge in [-0.25, -0.2) is 4.79 Å². The van der Waals surface area contributed by atoms with Gasteiger partial charge in [-0.15, -0.1) is 11.8 Å². The maximum Gasteiger partial charge on any atom is 0.323 e. The van der Waals surface area contributed by atoms with Crippen LogP contribution in [0.25, 0.3) is 0 Å². The maximum absolute atomic E-state index is 13.2. The fourth-order valence-corrected chi connectivity index (χ4v) is 4.62. The molecule has 8 nitrogen and oxygen atoms in total. The monoisotopic (exact) mass is 434 g/mol. The van der Waals surface area contributed by atoms with Crippen LogP contribution in [0.4, 0.5) is 10.5 Å². The number of rotatable bonds is 7. The molecule has 2 aromatic carbocycles. The van der Waals surface area contributed by atoms with E-state index in [0.717, 1.165) is 11.3 Å². The highest BCUT2D eigenvalue weighted by Gasteiger charge is 2.34. The van der Waals surface area contributed by atoms with Gasteiger partial charge in [-0.3, -0.25) is 0 Å². The molecule has 1 saturated heterocycles. The van der Waals surface area contributed by atoms with Gasteiger partial charge in [0.25, 0.3) is 0 Å². The van der Waals surface area contributed by atoms with Crippen molar-refractivity contribution in [2.45, 2.75) is 5.37 Å². The molecular formula is C21H26N2O6S. The molecule has 0 aromatic heterocycles. The molecule has 1 aliphatic rings. The molecular weight excluding hydrogens is 408 g/mol. The lowest BCUT2D eigenvalue weighted by molar-refractivity contribution is 0.213. The van der Waals surface area contributed by atoms with Crippen LogP contribution in [-0.2, 0) is 0 Å². The largest absolute Gasteiger partial charge is 0.496 e. The second-order valence-corrected chi connectivity index (χ2v) is 7.53. The van der Waals surface area contributed by atoms with E-state index in [1.165, 1.54) is 7.11 Å². The van der Waals surface area contributed by atoms with E-state index in [1.54, 1.807) is 69.4 Å². The minimum absolute atomic E-state index is 0.239. The molecule has 1 N–H and O–H groups in total. The van der Waals surface area contributed by atoms with Crippen molar-refractivity contribution in [1.29, 1.82) is 0 Å². The lowest BCUT2D eigenvalue weighted by atomic mass is 10.1. The Kier molecular flexibility index (Phi) is 7.04. The highest BCUT2D eigenvalue weighted by molar-refractivity contribution is 7.99. The molecule has 1 fully saturated rings. The van der Waals surface area contributed by atoms with E-state index in [2.05, 4.69) is 5.32 Å². The summed E-state index contributed by atoms with van der Waals surface area (Å²) in [7, 11) is 7.84. The number of hydrogen-bond acceptors (Lipinski definition) is 7. The molecule has 30 heavy (non-hydrogen) atoms. The number of nitrogens with one attached hydrogen (secondary N) is 1. The van der Waals surface area contributed by atoms with Gasteiger partial charge in [0.1, 0.15) is 11.1 Å². The molecule has 0 bridgehead atoms. The Bertz CT molecular complexity index is 907. The van der Waals surface area contributed by atoms with E-state index in [0.29, 0.717) is 41.0 Å². The number of benzene rings is 2. The Hall–Kier alpha value is -2.94. The van der Waals surface area contributed by atoms with Crippen molar-refractivity contribution >= 4 is 23.5 Å². The SMILES string of the molecule is COc1cc(OC)c(C2SCCN2C(=O)Nc2cccc(OC)c2OC)cc1OC. The fraction of sp³-hybridized carbons (Fsp3) is 0.381. The predicted molar refractivity (Wildman–Crippen MR) is 117 cm³/mol. The van der Waals surface area contributed by atoms with Crippen LogP contribution < -0.4 is 29.0 Å².